The standard InChI is InChI=1S/C27H34F3N5O4/c1-15-11-19(20(14-31-15)16(2)36)21-12-22(34-33-21)24(38)35-10-5-17(13-25(35)8-9-25)23(37)32-18-3-6-26(39,7-4-18)27(28,29)30/h11-12,14,16-18,36,39H,3-10,13H2,1-2H3,(H,32,37)(H,33,34)/t16-,17-,18?,26?/m1/s1. The summed E-state index contributed by atoms with van der Waals surface area (Å²) in [5.41, 5.74) is -0.144. The van der Waals surface area contributed by atoms with Crippen molar-refractivity contribution >= 4 is 11.8 Å². The molecule has 0 unspecified atom stereocenters. The van der Waals surface area contributed by atoms with E-state index in [1.54, 1.807) is 24.1 Å². The third-order valence-corrected chi connectivity index (χ3v) is 8.64. The Morgan fingerprint density at radius 1 is 1.18 bits per heavy atom. The predicted molar refractivity (Wildman–Crippen MR) is 134 cm³/mol. The number of carbonyl (C=O) groups excluding carboxylic acids is 2. The van der Waals surface area contributed by atoms with Crippen LogP contribution in [0.5, 0.6) is 0 Å². The molecule has 4 N–H and O–H groups in total. The van der Waals surface area contributed by atoms with Gasteiger partial charge in [-0.15, -0.1) is 0 Å². The van der Waals surface area contributed by atoms with E-state index < -0.39 is 42.3 Å². The lowest BCUT2D eigenvalue weighted by molar-refractivity contribution is -0.270. The molecule has 2 atom stereocenters. The summed E-state index contributed by atoms with van der Waals surface area (Å²) in [5.74, 6) is -0.753. The number of likely N-dealkylation sites (tertiary alicyclic amines) is 1. The third kappa shape index (κ3) is 5.28. The van der Waals surface area contributed by atoms with Crippen LogP contribution in [-0.4, -0.2) is 72.0 Å². The maximum atomic E-state index is 13.5. The fourth-order valence-electron chi connectivity index (χ4n) is 6.04. The Bertz CT molecular complexity index is 1250. The minimum atomic E-state index is -4.68. The number of hydrogen-bond acceptors (Lipinski definition) is 6. The van der Waals surface area contributed by atoms with Crippen molar-refractivity contribution in [2.45, 2.75) is 94.7 Å². The van der Waals surface area contributed by atoms with E-state index in [1.165, 1.54) is 0 Å². The van der Waals surface area contributed by atoms with E-state index in [2.05, 4.69) is 20.5 Å². The zero-order valence-corrected chi connectivity index (χ0v) is 22.0. The molecule has 2 aliphatic carbocycles. The average Bonchev–Trinajstić information content (AvgIpc) is 3.45. The molecule has 1 saturated heterocycles. The van der Waals surface area contributed by atoms with Crippen LogP contribution in [0.25, 0.3) is 11.3 Å². The zero-order valence-electron chi connectivity index (χ0n) is 22.0. The van der Waals surface area contributed by atoms with Gasteiger partial charge in [0.15, 0.2) is 11.3 Å². The van der Waals surface area contributed by atoms with E-state index in [0.29, 0.717) is 30.6 Å². The van der Waals surface area contributed by atoms with Gasteiger partial charge < -0.3 is 20.4 Å². The Kier molecular flexibility index (Phi) is 6.99. The molecule has 9 nitrogen and oxygen atoms in total. The Labute approximate surface area is 224 Å². The first-order valence-electron chi connectivity index (χ1n) is 13.4. The second-order valence-corrected chi connectivity index (χ2v) is 11.4. The van der Waals surface area contributed by atoms with Crippen LogP contribution in [0.1, 0.15) is 86.1 Å². The van der Waals surface area contributed by atoms with Crippen LogP contribution in [0.4, 0.5) is 13.2 Å². The van der Waals surface area contributed by atoms with Gasteiger partial charge in [0, 0.05) is 47.1 Å². The van der Waals surface area contributed by atoms with Crippen LogP contribution in [0.15, 0.2) is 18.3 Å². The number of carbonyl (C=O) groups is 2. The number of aromatic amines is 1. The molecule has 1 aliphatic heterocycles. The van der Waals surface area contributed by atoms with Crippen LogP contribution in [0.3, 0.4) is 0 Å². The number of aromatic nitrogens is 3. The maximum Gasteiger partial charge on any atom is 0.417 e. The summed E-state index contributed by atoms with van der Waals surface area (Å²) in [7, 11) is 0. The third-order valence-electron chi connectivity index (χ3n) is 8.64. The maximum absolute atomic E-state index is 13.5. The number of rotatable bonds is 5. The van der Waals surface area contributed by atoms with Crippen molar-refractivity contribution in [2.24, 2.45) is 5.92 Å². The van der Waals surface area contributed by atoms with E-state index in [9.17, 15) is 33.0 Å². The van der Waals surface area contributed by atoms with Crippen LogP contribution in [0, 0.1) is 12.8 Å². The summed E-state index contributed by atoms with van der Waals surface area (Å²) in [5, 5.41) is 30.1. The fraction of sp³-hybridized carbons (Fsp3) is 0.630. The SMILES string of the molecule is Cc1cc(-c2cc(C(=O)N3CC[C@@H](C(=O)NC4CCC(O)(C(F)(F)F)CC4)CC34CC4)n[nH]2)c([C@@H](C)O)cn1. The lowest BCUT2D eigenvalue weighted by atomic mass is 9.81. The molecule has 5 rings (SSSR count). The molecule has 0 bridgehead atoms. The lowest BCUT2D eigenvalue weighted by Gasteiger charge is -2.41. The summed E-state index contributed by atoms with van der Waals surface area (Å²) in [6.45, 7) is 3.86. The van der Waals surface area contributed by atoms with Gasteiger partial charge in [0.05, 0.1) is 11.8 Å². The number of nitrogens with one attached hydrogen (secondary N) is 2. The molecule has 3 aliphatic rings. The van der Waals surface area contributed by atoms with Crippen LogP contribution < -0.4 is 5.32 Å². The Morgan fingerprint density at radius 2 is 1.87 bits per heavy atom. The zero-order chi connectivity index (χ0) is 28.2. The molecule has 2 aromatic heterocycles. The second-order valence-electron chi connectivity index (χ2n) is 11.4. The van der Waals surface area contributed by atoms with Crippen molar-refractivity contribution in [1.29, 1.82) is 0 Å². The highest BCUT2D eigenvalue weighted by atomic mass is 19.4. The molecule has 212 valence electrons. The van der Waals surface area contributed by atoms with Gasteiger partial charge >= 0.3 is 6.18 Å². The molecule has 12 heteroatoms. The first-order valence-corrected chi connectivity index (χ1v) is 13.4. The van der Waals surface area contributed by atoms with E-state index in [4.69, 9.17) is 0 Å². The first-order chi connectivity index (χ1) is 18.3. The summed E-state index contributed by atoms with van der Waals surface area (Å²) in [6.07, 6.45) is -2.04. The molecule has 3 heterocycles. The van der Waals surface area contributed by atoms with Crippen LogP contribution in [0.2, 0.25) is 0 Å². The van der Waals surface area contributed by atoms with Gasteiger partial charge in [-0.25, -0.2) is 0 Å². The van der Waals surface area contributed by atoms with Gasteiger partial charge in [0.2, 0.25) is 5.91 Å². The van der Waals surface area contributed by atoms with Crippen molar-refractivity contribution in [3.8, 4) is 11.3 Å². The largest absolute Gasteiger partial charge is 0.417 e. The average molecular weight is 550 g/mol. The highest BCUT2D eigenvalue weighted by Gasteiger charge is 2.56. The number of nitrogens with zero attached hydrogens (tertiary/aromatic N) is 3. The molecule has 39 heavy (non-hydrogen) atoms. The van der Waals surface area contributed by atoms with Gasteiger partial charge in [0.25, 0.3) is 5.91 Å². The number of pyridine rings is 1. The summed E-state index contributed by atoms with van der Waals surface area (Å²) < 4.78 is 39.3. The van der Waals surface area contributed by atoms with Gasteiger partial charge in [-0.05, 0) is 77.3 Å². The monoisotopic (exact) mass is 549 g/mol. The quantitative estimate of drug-likeness (QED) is 0.451. The summed E-state index contributed by atoms with van der Waals surface area (Å²) >= 11 is 0. The number of aliphatic hydroxyl groups is 2. The molecular formula is C27H34F3N5O4. The summed E-state index contributed by atoms with van der Waals surface area (Å²) in [4.78, 5) is 32.6. The number of aliphatic hydroxyl groups excluding tert-OH is 1. The Morgan fingerprint density at radius 3 is 2.49 bits per heavy atom. The number of piperidine rings is 1. The summed E-state index contributed by atoms with van der Waals surface area (Å²) in [6, 6.07) is 3.09. The number of amides is 2. The van der Waals surface area contributed by atoms with E-state index >= 15 is 0 Å². The van der Waals surface area contributed by atoms with E-state index in [0.717, 1.165) is 24.1 Å². The van der Waals surface area contributed by atoms with Crippen LogP contribution >= 0.6 is 0 Å². The molecule has 3 fully saturated rings. The van der Waals surface area contributed by atoms with Crippen molar-refractivity contribution in [3.63, 3.8) is 0 Å². The normalized spacial score (nSPS) is 27.3. The second kappa shape index (κ2) is 9.88. The minimum absolute atomic E-state index is 0.0689. The van der Waals surface area contributed by atoms with Crippen molar-refractivity contribution in [2.75, 3.05) is 6.54 Å². The van der Waals surface area contributed by atoms with E-state index in [-0.39, 0.29) is 36.3 Å². The molecule has 2 saturated carbocycles. The van der Waals surface area contributed by atoms with Gasteiger partial charge in [-0.1, -0.05) is 0 Å². The minimum Gasteiger partial charge on any atom is -0.389 e. The molecular weight excluding hydrogens is 515 g/mol. The molecule has 1 spiro atoms. The number of aryl methyl sites for hydroxylation is 1. The van der Waals surface area contributed by atoms with Crippen molar-refractivity contribution < 1.29 is 33.0 Å². The van der Waals surface area contributed by atoms with Crippen LogP contribution in [-0.2, 0) is 4.79 Å². The molecule has 2 amide bonds. The molecule has 2 aromatic rings. The Balaban J connectivity index is 1.22. The highest BCUT2D eigenvalue weighted by Crippen LogP contribution is 2.51. The highest BCUT2D eigenvalue weighted by molar-refractivity contribution is 5.94. The smallest absolute Gasteiger partial charge is 0.389 e. The van der Waals surface area contributed by atoms with Crippen molar-refractivity contribution in [3.05, 3.63) is 35.3 Å². The number of hydrogen-bond donors (Lipinski definition) is 4. The van der Waals surface area contributed by atoms with Gasteiger partial charge in [-0.2, -0.15) is 18.3 Å². The Hall–Kier alpha value is -2.99. The molecule has 0 radical (unpaired) electrons. The number of alkyl halides is 3. The predicted octanol–water partition coefficient (Wildman–Crippen LogP) is 3.57. The first kappa shape index (κ1) is 27.6. The number of H-pyrrole nitrogens is 1. The van der Waals surface area contributed by atoms with E-state index in [1.807, 2.05) is 13.0 Å². The topological polar surface area (TPSA) is 131 Å². The molecule has 0 aromatic carbocycles. The van der Waals surface area contributed by atoms with Crippen molar-refractivity contribution in [1.82, 2.24) is 25.4 Å². The fourth-order valence-corrected chi connectivity index (χ4v) is 6.04. The van der Waals surface area contributed by atoms with Gasteiger partial charge in [-0.3, -0.25) is 19.7 Å². The van der Waals surface area contributed by atoms with Gasteiger partial charge in [0.1, 0.15) is 0 Å². The number of halogens is 3. The lowest BCUT2D eigenvalue weighted by Crippen LogP contribution is -2.54.